The summed E-state index contributed by atoms with van der Waals surface area (Å²) in [6, 6.07) is 0.511. The molecule has 0 aromatic carbocycles. The first-order chi connectivity index (χ1) is 5.54. The lowest BCUT2D eigenvalue weighted by atomic mass is 10.1. The highest BCUT2D eigenvalue weighted by molar-refractivity contribution is 6.14. The topological polar surface area (TPSA) is 6.48 Å². The van der Waals surface area contributed by atoms with E-state index in [1.807, 2.05) is 6.20 Å². The second-order valence-electron chi connectivity index (χ2n) is 3.84. The van der Waals surface area contributed by atoms with Crippen LogP contribution in [-0.4, -0.2) is 21.5 Å². The molecule has 1 unspecified atom stereocenters. The molecule has 1 aliphatic heterocycles. The third-order valence-corrected chi connectivity index (χ3v) is 2.44. The highest BCUT2D eigenvalue weighted by atomic mass is 35.5. The van der Waals surface area contributed by atoms with E-state index in [2.05, 4.69) is 38.8 Å². The molecule has 0 saturated carbocycles. The normalized spacial score (nSPS) is 23.4. The van der Waals surface area contributed by atoms with Gasteiger partial charge in [0.25, 0.3) is 0 Å². The van der Waals surface area contributed by atoms with Gasteiger partial charge in [0.15, 0.2) is 0 Å². The molecule has 0 saturated heterocycles. The van der Waals surface area contributed by atoms with Gasteiger partial charge >= 0.3 is 0 Å². The Bertz CT molecular complexity index is 177. The number of hydrogen-bond donors (Lipinski definition) is 0. The molecule has 1 aliphatic rings. The van der Waals surface area contributed by atoms with Crippen LogP contribution in [-0.2, 0) is 0 Å². The van der Waals surface area contributed by atoms with Crippen molar-refractivity contribution in [3.8, 4) is 0 Å². The molecule has 0 radical (unpaired) electrons. The molecule has 0 N–H and O–H groups in total. The molecular weight excluding hydrogens is 172 g/mol. The van der Waals surface area contributed by atoms with Crippen LogP contribution in [0.25, 0.3) is 0 Å². The minimum Gasteiger partial charge on any atom is -0.352 e. The molecule has 1 heterocycles. The SMILES string of the molecule is CC(C)C1N(Cl)C=CN1C(C)C. The monoisotopic (exact) mass is 188 g/mol. The number of halogens is 1. The van der Waals surface area contributed by atoms with Gasteiger partial charge in [0.2, 0.25) is 0 Å². The van der Waals surface area contributed by atoms with Gasteiger partial charge in [-0.05, 0) is 19.8 Å². The van der Waals surface area contributed by atoms with Crippen molar-refractivity contribution >= 4 is 11.8 Å². The fraction of sp³-hybridized carbons (Fsp3) is 0.778. The zero-order valence-electron chi connectivity index (χ0n) is 8.16. The Labute approximate surface area is 79.9 Å². The van der Waals surface area contributed by atoms with Crippen LogP contribution in [0.5, 0.6) is 0 Å². The van der Waals surface area contributed by atoms with E-state index in [0.29, 0.717) is 18.1 Å². The van der Waals surface area contributed by atoms with E-state index in [0.717, 1.165) is 0 Å². The van der Waals surface area contributed by atoms with E-state index in [4.69, 9.17) is 11.8 Å². The standard InChI is InChI=1S/C9H17ClN2/c1-7(2)9-11(8(3)4)5-6-12(9)10/h5-9H,1-4H3. The molecule has 0 spiro atoms. The van der Waals surface area contributed by atoms with Crippen LogP contribution in [0.4, 0.5) is 0 Å². The van der Waals surface area contributed by atoms with Crippen LogP contribution in [0, 0.1) is 5.92 Å². The molecule has 12 heavy (non-hydrogen) atoms. The van der Waals surface area contributed by atoms with Crippen molar-refractivity contribution in [3.63, 3.8) is 0 Å². The highest BCUT2D eigenvalue weighted by Gasteiger charge is 2.29. The van der Waals surface area contributed by atoms with Gasteiger partial charge in [0.05, 0.1) is 0 Å². The largest absolute Gasteiger partial charge is 0.352 e. The van der Waals surface area contributed by atoms with Gasteiger partial charge in [-0.1, -0.05) is 13.8 Å². The van der Waals surface area contributed by atoms with Crippen molar-refractivity contribution in [3.05, 3.63) is 12.4 Å². The summed E-state index contributed by atoms with van der Waals surface area (Å²) < 4.78 is 1.75. The molecule has 0 fully saturated rings. The predicted octanol–water partition coefficient (Wildman–Crippen LogP) is 2.62. The molecule has 0 aromatic heterocycles. The summed E-state index contributed by atoms with van der Waals surface area (Å²) in [4.78, 5) is 2.28. The number of hydrogen-bond acceptors (Lipinski definition) is 2. The van der Waals surface area contributed by atoms with Gasteiger partial charge in [0.1, 0.15) is 6.17 Å². The van der Waals surface area contributed by atoms with Crippen LogP contribution in [0.2, 0.25) is 0 Å². The summed E-state index contributed by atoms with van der Waals surface area (Å²) in [5.74, 6) is 0.542. The molecule has 0 bridgehead atoms. The molecule has 0 amide bonds. The van der Waals surface area contributed by atoms with Crippen molar-refractivity contribution in [1.29, 1.82) is 0 Å². The van der Waals surface area contributed by atoms with Gasteiger partial charge in [-0.15, -0.1) is 0 Å². The Kier molecular flexibility index (Phi) is 2.89. The summed E-state index contributed by atoms with van der Waals surface area (Å²) in [5, 5.41) is 0. The maximum absolute atomic E-state index is 6.02. The average Bonchev–Trinajstić information content (AvgIpc) is 2.30. The van der Waals surface area contributed by atoms with Gasteiger partial charge in [-0.3, -0.25) is 4.42 Å². The first-order valence-corrected chi connectivity index (χ1v) is 4.77. The molecule has 0 aromatic rings. The third-order valence-electron chi connectivity index (χ3n) is 2.13. The van der Waals surface area contributed by atoms with Crippen LogP contribution < -0.4 is 0 Å². The highest BCUT2D eigenvalue weighted by Crippen LogP contribution is 2.25. The molecule has 2 nitrogen and oxygen atoms in total. The maximum atomic E-state index is 6.02. The smallest absolute Gasteiger partial charge is 0.119 e. The Hall–Kier alpha value is -0.370. The zero-order chi connectivity index (χ0) is 9.30. The van der Waals surface area contributed by atoms with Gasteiger partial charge < -0.3 is 4.90 Å². The molecule has 1 rings (SSSR count). The molecule has 70 valence electrons. The van der Waals surface area contributed by atoms with E-state index in [1.165, 1.54) is 0 Å². The van der Waals surface area contributed by atoms with E-state index in [9.17, 15) is 0 Å². The van der Waals surface area contributed by atoms with Crippen LogP contribution >= 0.6 is 11.8 Å². The van der Waals surface area contributed by atoms with E-state index in [-0.39, 0.29) is 0 Å². The lowest BCUT2D eigenvalue weighted by Gasteiger charge is -2.34. The Balaban J connectivity index is 2.69. The minimum atomic E-state index is 0.312. The maximum Gasteiger partial charge on any atom is 0.119 e. The lowest BCUT2D eigenvalue weighted by molar-refractivity contribution is 0.135. The number of rotatable bonds is 2. The number of nitrogens with zero attached hydrogens (tertiary/aromatic N) is 2. The third kappa shape index (κ3) is 1.69. The summed E-state index contributed by atoms with van der Waals surface area (Å²) >= 11 is 6.02. The van der Waals surface area contributed by atoms with Gasteiger partial charge in [-0.25, -0.2) is 0 Å². The van der Waals surface area contributed by atoms with E-state index in [1.54, 1.807) is 4.42 Å². The first-order valence-electron chi connectivity index (χ1n) is 4.44. The van der Waals surface area contributed by atoms with E-state index >= 15 is 0 Å². The molecule has 3 heteroatoms. The average molecular weight is 189 g/mol. The first kappa shape index (κ1) is 9.72. The predicted molar refractivity (Wildman–Crippen MR) is 52.4 cm³/mol. The van der Waals surface area contributed by atoms with Crippen molar-refractivity contribution < 1.29 is 0 Å². The zero-order valence-corrected chi connectivity index (χ0v) is 8.92. The Morgan fingerprint density at radius 1 is 1.17 bits per heavy atom. The van der Waals surface area contributed by atoms with E-state index < -0.39 is 0 Å². The quantitative estimate of drug-likeness (QED) is 0.615. The van der Waals surface area contributed by atoms with Gasteiger partial charge in [0, 0.05) is 30.2 Å². The molecular formula is C9H17ClN2. The second-order valence-corrected chi connectivity index (χ2v) is 4.23. The van der Waals surface area contributed by atoms with Crippen LogP contribution in [0.15, 0.2) is 12.4 Å². The summed E-state index contributed by atoms with van der Waals surface area (Å²) in [7, 11) is 0. The second kappa shape index (κ2) is 3.56. The summed E-state index contributed by atoms with van der Waals surface area (Å²) in [6.07, 6.45) is 4.29. The van der Waals surface area contributed by atoms with Crippen molar-refractivity contribution in [2.24, 2.45) is 5.92 Å². The fourth-order valence-corrected chi connectivity index (χ4v) is 1.93. The summed E-state index contributed by atoms with van der Waals surface area (Å²) in [6.45, 7) is 8.72. The Morgan fingerprint density at radius 2 is 1.75 bits per heavy atom. The Morgan fingerprint density at radius 3 is 2.08 bits per heavy atom. The lowest BCUT2D eigenvalue weighted by Crippen LogP contribution is -2.42. The summed E-state index contributed by atoms with van der Waals surface area (Å²) in [5.41, 5.74) is 0. The molecule has 0 aliphatic carbocycles. The fourth-order valence-electron chi connectivity index (χ4n) is 1.55. The van der Waals surface area contributed by atoms with Crippen LogP contribution in [0.1, 0.15) is 27.7 Å². The van der Waals surface area contributed by atoms with Crippen LogP contribution in [0.3, 0.4) is 0 Å². The van der Waals surface area contributed by atoms with Crippen molar-refractivity contribution in [2.45, 2.75) is 39.9 Å². The van der Waals surface area contributed by atoms with Crippen molar-refractivity contribution in [1.82, 2.24) is 9.32 Å². The van der Waals surface area contributed by atoms with Crippen molar-refractivity contribution in [2.75, 3.05) is 0 Å². The minimum absolute atomic E-state index is 0.312. The van der Waals surface area contributed by atoms with Gasteiger partial charge in [-0.2, -0.15) is 0 Å². The molecule has 1 atom stereocenters.